The van der Waals surface area contributed by atoms with Crippen molar-refractivity contribution in [3.05, 3.63) is 107 Å². The summed E-state index contributed by atoms with van der Waals surface area (Å²) in [4.78, 5) is 20.8. The second-order valence-corrected chi connectivity index (χ2v) is 7.61. The Labute approximate surface area is 182 Å². The minimum absolute atomic E-state index is 0.00511. The minimum atomic E-state index is -0.391. The number of imidazole rings is 1. The first-order chi connectivity index (χ1) is 15.7. The van der Waals surface area contributed by atoms with Crippen molar-refractivity contribution in [2.24, 2.45) is 0 Å². The van der Waals surface area contributed by atoms with Gasteiger partial charge in [0.2, 0.25) is 0 Å². The van der Waals surface area contributed by atoms with Gasteiger partial charge in [-0.05, 0) is 23.6 Å². The Morgan fingerprint density at radius 3 is 2.38 bits per heavy atom. The van der Waals surface area contributed by atoms with Crippen LogP contribution in [0.25, 0.3) is 50.0 Å². The summed E-state index contributed by atoms with van der Waals surface area (Å²) in [5, 5.41) is 13.3. The van der Waals surface area contributed by atoms with Crippen molar-refractivity contribution < 1.29 is 4.92 Å². The zero-order chi connectivity index (χ0) is 21.7. The molecule has 0 saturated heterocycles. The number of rotatable bonds is 3. The van der Waals surface area contributed by atoms with Crippen LogP contribution >= 0.6 is 0 Å². The van der Waals surface area contributed by atoms with Gasteiger partial charge >= 0.3 is 0 Å². The number of para-hydroxylation sites is 2. The van der Waals surface area contributed by atoms with Gasteiger partial charge in [-0.3, -0.25) is 14.5 Å². The predicted octanol–water partition coefficient (Wildman–Crippen LogP) is 6.28. The number of non-ortho nitro benzene ring substituents is 1. The van der Waals surface area contributed by atoms with E-state index in [9.17, 15) is 10.1 Å². The largest absolute Gasteiger partial charge is 0.298 e. The Kier molecular flexibility index (Phi) is 3.98. The van der Waals surface area contributed by atoms with Crippen LogP contribution in [0.3, 0.4) is 0 Å². The molecule has 0 unspecified atom stereocenters. The van der Waals surface area contributed by atoms with E-state index in [0.717, 1.165) is 38.8 Å². The third-order valence-corrected chi connectivity index (χ3v) is 5.68. The van der Waals surface area contributed by atoms with E-state index < -0.39 is 4.92 Å². The van der Waals surface area contributed by atoms with E-state index in [-0.39, 0.29) is 5.69 Å². The van der Waals surface area contributed by atoms with E-state index in [1.165, 1.54) is 6.07 Å². The highest BCUT2D eigenvalue weighted by molar-refractivity contribution is 5.94. The highest BCUT2D eigenvalue weighted by Crippen LogP contribution is 2.33. The van der Waals surface area contributed by atoms with Gasteiger partial charge in [-0.25, -0.2) is 9.97 Å². The molecule has 6 heteroatoms. The lowest BCUT2D eigenvalue weighted by Gasteiger charge is -2.09. The number of nitro benzene ring substituents is 1. The third-order valence-electron chi connectivity index (χ3n) is 5.68. The topological polar surface area (TPSA) is 73.3 Å². The molecule has 6 nitrogen and oxygen atoms in total. The zero-order valence-corrected chi connectivity index (χ0v) is 16.8. The molecule has 0 saturated carbocycles. The van der Waals surface area contributed by atoms with Gasteiger partial charge in [0.1, 0.15) is 11.2 Å². The molecule has 0 radical (unpaired) electrons. The first kappa shape index (κ1) is 18.2. The fourth-order valence-corrected chi connectivity index (χ4v) is 4.17. The lowest BCUT2D eigenvalue weighted by molar-refractivity contribution is -0.383. The lowest BCUT2D eigenvalue weighted by atomic mass is 10.1. The van der Waals surface area contributed by atoms with Crippen LogP contribution in [0.5, 0.6) is 0 Å². The normalized spacial score (nSPS) is 11.4. The number of pyridine rings is 2. The van der Waals surface area contributed by atoms with Gasteiger partial charge in [0.25, 0.3) is 5.69 Å². The number of aromatic nitrogens is 3. The Morgan fingerprint density at radius 2 is 1.53 bits per heavy atom. The van der Waals surface area contributed by atoms with Gasteiger partial charge in [-0.15, -0.1) is 0 Å². The summed E-state index contributed by atoms with van der Waals surface area (Å²) in [6.07, 6.45) is 2.03. The van der Waals surface area contributed by atoms with Crippen LogP contribution in [0.15, 0.2) is 97.2 Å². The molecule has 0 spiro atoms. The van der Waals surface area contributed by atoms with Gasteiger partial charge < -0.3 is 0 Å². The molecule has 6 rings (SSSR count). The molecule has 0 N–H and O–H groups in total. The van der Waals surface area contributed by atoms with Crippen molar-refractivity contribution >= 4 is 33.1 Å². The Balaban J connectivity index is 1.67. The van der Waals surface area contributed by atoms with Crippen LogP contribution in [-0.4, -0.2) is 19.3 Å². The highest BCUT2D eigenvalue weighted by Gasteiger charge is 2.17. The number of nitro groups is 1. The number of fused-ring (bicyclic) bond motifs is 4. The first-order valence-electron chi connectivity index (χ1n) is 10.2. The van der Waals surface area contributed by atoms with Gasteiger partial charge in [0, 0.05) is 28.8 Å². The van der Waals surface area contributed by atoms with E-state index in [1.807, 2.05) is 72.9 Å². The third kappa shape index (κ3) is 2.81. The van der Waals surface area contributed by atoms with Gasteiger partial charge in [-0.2, -0.15) is 0 Å². The monoisotopic (exact) mass is 416 g/mol. The molecular weight excluding hydrogens is 400 g/mol. The van der Waals surface area contributed by atoms with Crippen LogP contribution < -0.4 is 0 Å². The van der Waals surface area contributed by atoms with Crippen molar-refractivity contribution in [3.63, 3.8) is 0 Å². The molecule has 3 aromatic heterocycles. The Morgan fingerprint density at radius 1 is 0.750 bits per heavy atom. The van der Waals surface area contributed by atoms with Crippen molar-refractivity contribution in [3.8, 4) is 22.5 Å². The van der Waals surface area contributed by atoms with Gasteiger partial charge in [0.15, 0.2) is 0 Å². The molecule has 0 aliphatic heterocycles. The maximum absolute atomic E-state index is 11.6. The molecule has 3 heterocycles. The Hall–Kier alpha value is -4.58. The molecule has 0 atom stereocenters. The van der Waals surface area contributed by atoms with E-state index in [2.05, 4.69) is 16.5 Å². The first-order valence-corrected chi connectivity index (χ1v) is 10.2. The molecule has 0 aliphatic carbocycles. The molecule has 0 aliphatic rings. The van der Waals surface area contributed by atoms with Crippen LogP contribution in [0.2, 0.25) is 0 Å². The SMILES string of the molecule is O=[N+]([O-])c1cccc2ccc(-c3cc4ccccc4n4cc(-c5ccccc5)nc34)nc12. The van der Waals surface area contributed by atoms with E-state index >= 15 is 0 Å². The summed E-state index contributed by atoms with van der Waals surface area (Å²) >= 11 is 0. The Bertz CT molecular complexity index is 1660. The van der Waals surface area contributed by atoms with E-state index in [0.29, 0.717) is 11.2 Å². The van der Waals surface area contributed by atoms with Crippen molar-refractivity contribution in [2.75, 3.05) is 0 Å². The molecular formula is C26H16N4O2. The van der Waals surface area contributed by atoms with Crippen LogP contribution in [0.4, 0.5) is 5.69 Å². The summed E-state index contributed by atoms with van der Waals surface area (Å²) in [6.45, 7) is 0. The zero-order valence-electron chi connectivity index (χ0n) is 16.8. The molecule has 0 amide bonds. The standard InChI is InChI=1S/C26H16N4O2/c31-30(32)24-12-6-10-18-13-14-21(27-25(18)24)20-15-19-9-4-5-11-23(19)29-16-22(28-26(20)29)17-7-2-1-3-8-17/h1-16H. The molecule has 32 heavy (non-hydrogen) atoms. The summed E-state index contributed by atoms with van der Waals surface area (Å²) in [7, 11) is 0. The van der Waals surface area contributed by atoms with Crippen LogP contribution in [0.1, 0.15) is 0 Å². The van der Waals surface area contributed by atoms with Crippen molar-refractivity contribution in [2.45, 2.75) is 0 Å². The fraction of sp³-hybridized carbons (Fsp3) is 0. The minimum Gasteiger partial charge on any atom is -0.298 e. The second-order valence-electron chi connectivity index (χ2n) is 7.61. The lowest BCUT2D eigenvalue weighted by Crippen LogP contribution is -1.95. The van der Waals surface area contributed by atoms with Crippen LogP contribution in [0, 0.1) is 10.1 Å². The summed E-state index contributed by atoms with van der Waals surface area (Å²) in [5.41, 5.74) is 5.51. The quantitative estimate of drug-likeness (QED) is 0.251. The summed E-state index contributed by atoms with van der Waals surface area (Å²) < 4.78 is 2.07. The van der Waals surface area contributed by atoms with Gasteiger partial charge in [-0.1, -0.05) is 66.7 Å². The van der Waals surface area contributed by atoms with E-state index in [1.54, 1.807) is 6.07 Å². The van der Waals surface area contributed by atoms with E-state index in [4.69, 9.17) is 9.97 Å². The predicted molar refractivity (Wildman–Crippen MR) is 126 cm³/mol. The molecule has 0 fully saturated rings. The average Bonchev–Trinajstić information content (AvgIpc) is 3.29. The summed E-state index contributed by atoms with van der Waals surface area (Å²) in [5.74, 6) is 0. The van der Waals surface area contributed by atoms with Crippen molar-refractivity contribution in [1.82, 2.24) is 14.4 Å². The maximum Gasteiger partial charge on any atom is 0.295 e. The number of benzene rings is 3. The average molecular weight is 416 g/mol. The summed E-state index contributed by atoms with van der Waals surface area (Å²) in [6, 6.07) is 28.9. The highest BCUT2D eigenvalue weighted by atomic mass is 16.6. The number of nitrogens with zero attached hydrogens (tertiary/aromatic N) is 4. The maximum atomic E-state index is 11.6. The number of hydrogen-bond donors (Lipinski definition) is 0. The van der Waals surface area contributed by atoms with Crippen molar-refractivity contribution in [1.29, 1.82) is 0 Å². The van der Waals surface area contributed by atoms with Gasteiger partial charge in [0.05, 0.1) is 21.8 Å². The smallest absolute Gasteiger partial charge is 0.295 e. The van der Waals surface area contributed by atoms with Crippen LogP contribution in [-0.2, 0) is 0 Å². The fourth-order valence-electron chi connectivity index (χ4n) is 4.17. The second kappa shape index (κ2) is 6.99. The molecule has 0 bridgehead atoms. The molecule has 6 aromatic rings. The molecule has 3 aromatic carbocycles. The molecule has 152 valence electrons. The number of hydrogen-bond acceptors (Lipinski definition) is 4.